The summed E-state index contributed by atoms with van der Waals surface area (Å²) in [5.41, 5.74) is -0.0189. The van der Waals surface area contributed by atoms with Crippen LogP contribution in [0, 0.1) is 0 Å². The number of aromatic carboxylic acids is 1. The van der Waals surface area contributed by atoms with Gasteiger partial charge in [-0.05, 0) is 83.6 Å². The number of phenols is 1. The van der Waals surface area contributed by atoms with Crippen LogP contribution in [0.25, 0.3) is 21.5 Å². The zero-order valence-corrected chi connectivity index (χ0v) is 29.9. The van der Waals surface area contributed by atoms with Crippen LogP contribution >= 0.6 is 11.6 Å². The van der Waals surface area contributed by atoms with Crippen molar-refractivity contribution in [2.24, 2.45) is 5.14 Å². The van der Waals surface area contributed by atoms with Crippen molar-refractivity contribution in [1.82, 2.24) is 0 Å². The van der Waals surface area contributed by atoms with Gasteiger partial charge in [-0.1, -0.05) is 41.9 Å². The first-order valence-corrected chi connectivity index (χ1v) is 19.9. The van der Waals surface area contributed by atoms with E-state index in [4.69, 9.17) is 16.7 Å². The lowest BCUT2D eigenvalue weighted by Crippen LogP contribution is -2.19. The van der Waals surface area contributed by atoms with Crippen molar-refractivity contribution >= 4 is 98.0 Å². The lowest BCUT2D eigenvalue weighted by atomic mass is 10.1. The number of sulfonamides is 3. The molecule has 6 aromatic carbocycles. The van der Waals surface area contributed by atoms with Crippen molar-refractivity contribution in [3.8, 4) is 5.75 Å². The Balaban J connectivity index is 1.23. The van der Waals surface area contributed by atoms with Gasteiger partial charge in [0.1, 0.15) is 5.75 Å². The fraction of sp³-hybridized carbons (Fsp3) is 0. The standard InChI is InChI=1S/C34H26ClN5O10S3/c35-30-12-10-23(16-29(30)33(42)43)40-52(47,48)25-11-8-19-7-9-21(13-20(19)14-25)37-34(44)38-31-6-2-5-27-28(31)17-26(18-32(27)41)53(49,50)39-22-3-1-4-24(15-22)51(36,45)46/h1-18,39-41H,(H,42,43)(H2,36,45,46)(H2,37,38,44). The quantitative estimate of drug-likeness (QED) is 0.0859. The number of anilines is 4. The molecule has 0 spiro atoms. The third-order valence-corrected chi connectivity index (χ3v) is 11.7. The molecule has 0 saturated carbocycles. The highest BCUT2D eigenvalue weighted by Crippen LogP contribution is 2.34. The zero-order valence-electron chi connectivity index (χ0n) is 26.7. The van der Waals surface area contributed by atoms with Gasteiger partial charge in [0.25, 0.3) is 20.0 Å². The van der Waals surface area contributed by atoms with Crippen LogP contribution in [0.1, 0.15) is 10.4 Å². The van der Waals surface area contributed by atoms with Gasteiger partial charge in [0.15, 0.2) is 0 Å². The zero-order chi connectivity index (χ0) is 38.3. The number of urea groups is 1. The topological polar surface area (TPSA) is 251 Å². The van der Waals surface area contributed by atoms with E-state index in [0.29, 0.717) is 10.8 Å². The monoisotopic (exact) mass is 795 g/mol. The van der Waals surface area contributed by atoms with Gasteiger partial charge in [-0.25, -0.2) is 40.0 Å². The highest BCUT2D eigenvalue weighted by atomic mass is 35.5. The smallest absolute Gasteiger partial charge is 0.337 e. The second-order valence-corrected chi connectivity index (χ2v) is 16.8. The van der Waals surface area contributed by atoms with Crippen molar-refractivity contribution < 1.29 is 45.1 Å². The number of fused-ring (bicyclic) bond motifs is 2. The van der Waals surface area contributed by atoms with Crippen LogP contribution in [0.4, 0.5) is 27.5 Å². The number of amides is 2. The summed E-state index contributed by atoms with van der Waals surface area (Å²) < 4.78 is 81.0. The number of nitrogens with two attached hydrogens (primary N) is 1. The van der Waals surface area contributed by atoms with Crippen LogP contribution in [0.3, 0.4) is 0 Å². The van der Waals surface area contributed by atoms with Crippen molar-refractivity contribution in [3.63, 3.8) is 0 Å². The van der Waals surface area contributed by atoms with Crippen LogP contribution in [-0.4, -0.2) is 47.5 Å². The van der Waals surface area contributed by atoms with Gasteiger partial charge in [0.05, 0.1) is 36.6 Å². The molecule has 6 aromatic rings. The Morgan fingerprint density at radius 1 is 0.604 bits per heavy atom. The predicted molar refractivity (Wildman–Crippen MR) is 200 cm³/mol. The Kier molecular flexibility index (Phi) is 9.67. The molecule has 15 nitrogen and oxygen atoms in total. The number of halogens is 1. The summed E-state index contributed by atoms with van der Waals surface area (Å²) in [6.07, 6.45) is 0. The molecule has 0 radical (unpaired) electrons. The number of benzene rings is 6. The first-order valence-electron chi connectivity index (χ1n) is 15.0. The number of hydrogen-bond acceptors (Lipinski definition) is 9. The van der Waals surface area contributed by atoms with Gasteiger partial charge >= 0.3 is 12.0 Å². The number of hydrogen-bond donors (Lipinski definition) is 7. The van der Waals surface area contributed by atoms with E-state index < -0.39 is 52.7 Å². The summed E-state index contributed by atoms with van der Waals surface area (Å²) in [7, 11) is -12.7. The van der Waals surface area contributed by atoms with Crippen LogP contribution in [-0.2, 0) is 30.1 Å². The van der Waals surface area contributed by atoms with E-state index in [0.717, 1.165) is 18.2 Å². The first kappa shape index (κ1) is 36.9. The predicted octanol–water partition coefficient (Wildman–Crippen LogP) is 5.94. The molecule has 6 rings (SSSR count). The normalized spacial score (nSPS) is 12.0. The number of primary sulfonamides is 1. The maximum atomic E-state index is 13.3. The number of carboxylic acids is 1. The summed E-state index contributed by atoms with van der Waals surface area (Å²) >= 11 is 5.89. The third kappa shape index (κ3) is 8.11. The number of carbonyl (C=O) groups is 2. The third-order valence-electron chi connectivity index (χ3n) is 7.75. The number of rotatable bonds is 10. The lowest BCUT2D eigenvalue weighted by Gasteiger charge is -2.14. The molecule has 0 saturated heterocycles. The highest BCUT2D eigenvalue weighted by Gasteiger charge is 2.21. The molecule has 2 amide bonds. The molecule has 0 fully saturated rings. The van der Waals surface area contributed by atoms with E-state index in [1.165, 1.54) is 72.8 Å². The minimum atomic E-state index is -4.39. The number of nitrogens with one attached hydrogen (secondary N) is 4. The maximum absolute atomic E-state index is 13.3. The molecular weight excluding hydrogens is 770 g/mol. The van der Waals surface area contributed by atoms with Crippen LogP contribution in [0.5, 0.6) is 5.75 Å². The van der Waals surface area contributed by atoms with E-state index in [1.54, 1.807) is 18.2 Å². The molecule has 0 bridgehead atoms. The van der Waals surface area contributed by atoms with Gasteiger partial charge in [-0.2, -0.15) is 0 Å². The van der Waals surface area contributed by atoms with Gasteiger partial charge in [0, 0.05) is 28.2 Å². The summed E-state index contributed by atoms with van der Waals surface area (Å²) in [4.78, 5) is 23.7. The molecule has 0 aromatic heterocycles. The minimum Gasteiger partial charge on any atom is -0.507 e. The van der Waals surface area contributed by atoms with E-state index in [9.17, 15) is 45.1 Å². The highest BCUT2D eigenvalue weighted by molar-refractivity contribution is 7.93. The molecule has 0 aliphatic carbocycles. The van der Waals surface area contributed by atoms with Crippen LogP contribution in [0.2, 0.25) is 5.02 Å². The van der Waals surface area contributed by atoms with Crippen molar-refractivity contribution in [2.45, 2.75) is 14.7 Å². The summed E-state index contributed by atoms with van der Waals surface area (Å²) in [5, 5.41) is 31.8. The average molecular weight is 796 g/mol. The fourth-order valence-electron chi connectivity index (χ4n) is 5.28. The molecule has 8 N–H and O–H groups in total. The second-order valence-electron chi connectivity index (χ2n) is 11.4. The largest absolute Gasteiger partial charge is 0.507 e. The molecule has 0 heterocycles. The van der Waals surface area contributed by atoms with Crippen LogP contribution in [0.15, 0.2) is 124 Å². The molecular formula is C34H26ClN5O10S3. The Morgan fingerprint density at radius 2 is 1.26 bits per heavy atom. The summed E-state index contributed by atoms with van der Waals surface area (Å²) in [6, 6.07) is 23.5. The molecule has 0 aliphatic rings. The number of aromatic hydroxyl groups is 1. The fourth-order valence-corrected chi connectivity index (χ4v) is 8.21. The summed E-state index contributed by atoms with van der Waals surface area (Å²) in [6.45, 7) is 0. The van der Waals surface area contributed by atoms with E-state index in [2.05, 4.69) is 20.1 Å². The van der Waals surface area contributed by atoms with Gasteiger partial charge in [-0.3, -0.25) is 9.44 Å². The minimum absolute atomic E-state index is 0.0170. The second kappa shape index (κ2) is 13.9. The number of carbonyl (C=O) groups excluding carboxylic acids is 1. The molecule has 19 heteroatoms. The molecule has 53 heavy (non-hydrogen) atoms. The Hall–Kier alpha value is -5.92. The number of phenolic OH excluding ortho intramolecular Hbond substituents is 1. The molecule has 272 valence electrons. The van der Waals surface area contributed by atoms with Crippen LogP contribution < -0.4 is 25.2 Å². The van der Waals surface area contributed by atoms with Gasteiger partial charge in [0.2, 0.25) is 10.0 Å². The van der Waals surface area contributed by atoms with E-state index in [-0.39, 0.29) is 53.9 Å². The lowest BCUT2D eigenvalue weighted by molar-refractivity contribution is 0.0697. The average Bonchev–Trinajstić information content (AvgIpc) is 3.08. The molecule has 0 unspecified atom stereocenters. The van der Waals surface area contributed by atoms with Crippen molar-refractivity contribution in [3.05, 3.63) is 120 Å². The maximum Gasteiger partial charge on any atom is 0.337 e. The van der Waals surface area contributed by atoms with E-state index >= 15 is 0 Å². The SMILES string of the molecule is NS(=O)(=O)c1cccc(NS(=O)(=O)c2cc(O)c3cccc(NC(=O)Nc4ccc5ccc(S(=O)(=O)Nc6ccc(Cl)c(C(=O)O)c6)cc5c4)c3c2)c1. The number of carboxylic acid groups (broad SMARTS) is 1. The molecule has 0 atom stereocenters. The van der Waals surface area contributed by atoms with Crippen molar-refractivity contribution in [1.29, 1.82) is 0 Å². The van der Waals surface area contributed by atoms with Crippen molar-refractivity contribution in [2.75, 3.05) is 20.1 Å². The molecule has 0 aliphatic heterocycles. The first-order chi connectivity index (χ1) is 24.9. The Labute approximate surface area is 307 Å². The van der Waals surface area contributed by atoms with E-state index in [1.807, 2.05) is 0 Å². The van der Waals surface area contributed by atoms with Gasteiger partial charge in [-0.15, -0.1) is 0 Å². The Bertz CT molecular complexity index is 2830. The van der Waals surface area contributed by atoms with Gasteiger partial charge < -0.3 is 20.8 Å². The Morgan fingerprint density at radius 3 is 1.98 bits per heavy atom. The summed E-state index contributed by atoms with van der Waals surface area (Å²) in [5.74, 6) is -1.75.